The minimum Gasteiger partial charge on any atom is -0.314 e. The van der Waals surface area contributed by atoms with Gasteiger partial charge < -0.3 is 5.32 Å². The molecule has 0 aromatic heterocycles. The Bertz CT molecular complexity index is 417. The van der Waals surface area contributed by atoms with Crippen LogP contribution in [0.4, 0.5) is 0 Å². The van der Waals surface area contributed by atoms with Gasteiger partial charge in [-0.2, -0.15) is 0 Å². The van der Waals surface area contributed by atoms with E-state index in [-0.39, 0.29) is 0 Å². The molecule has 2 aliphatic rings. The highest BCUT2D eigenvalue weighted by Gasteiger charge is 2.37. The van der Waals surface area contributed by atoms with Crippen molar-refractivity contribution in [2.24, 2.45) is 0 Å². The molecule has 2 unspecified atom stereocenters. The molecule has 1 aromatic rings. The van der Waals surface area contributed by atoms with Crippen molar-refractivity contribution in [3.05, 3.63) is 34.9 Å². The van der Waals surface area contributed by atoms with Crippen molar-refractivity contribution >= 4 is 11.6 Å². The Morgan fingerprint density at radius 1 is 1.15 bits per heavy atom. The summed E-state index contributed by atoms with van der Waals surface area (Å²) in [5, 5.41) is 4.49. The van der Waals surface area contributed by atoms with Crippen molar-refractivity contribution in [1.29, 1.82) is 0 Å². The molecule has 110 valence electrons. The minimum absolute atomic E-state index is 0.733. The van der Waals surface area contributed by atoms with E-state index >= 15 is 0 Å². The Balaban J connectivity index is 1.68. The molecule has 1 aromatic carbocycles. The molecule has 0 aliphatic carbocycles. The molecule has 3 heteroatoms. The summed E-state index contributed by atoms with van der Waals surface area (Å²) in [5.41, 5.74) is 1.40. The SMILES string of the molecule is CCNC1CC2CCCC(C1)N2Cc1ccc(Cl)cc1. The predicted octanol–water partition coefficient (Wildman–Crippen LogP) is 3.84. The van der Waals surface area contributed by atoms with Crippen molar-refractivity contribution in [2.45, 2.75) is 63.7 Å². The lowest BCUT2D eigenvalue weighted by molar-refractivity contribution is 0.0180. The molecule has 0 amide bonds. The van der Waals surface area contributed by atoms with Gasteiger partial charge in [0.2, 0.25) is 0 Å². The van der Waals surface area contributed by atoms with E-state index < -0.39 is 0 Å². The van der Waals surface area contributed by atoms with Gasteiger partial charge in [0, 0.05) is 29.7 Å². The smallest absolute Gasteiger partial charge is 0.0406 e. The lowest BCUT2D eigenvalue weighted by Crippen LogP contribution is -2.55. The highest BCUT2D eigenvalue weighted by Crippen LogP contribution is 2.35. The number of piperidine rings is 2. The van der Waals surface area contributed by atoms with Crippen LogP contribution < -0.4 is 5.32 Å². The number of benzene rings is 1. The van der Waals surface area contributed by atoms with Gasteiger partial charge in [-0.15, -0.1) is 0 Å². The van der Waals surface area contributed by atoms with Gasteiger partial charge in [-0.1, -0.05) is 37.1 Å². The van der Waals surface area contributed by atoms with E-state index in [1.165, 1.54) is 37.7 Å². The molecule has 2 saturated heterocycles. The first-order valence-electron chi connectivity index (χ1n) is 8.00. The van der Waals surface area contributed by atoms with Gasteiger partial charge in [-0.25, -0.2) is 0 Å². The van der Waals surface area contributed by atoms with Crippen LogP contribution in [-0.2, 0) is 6.54 Å². The van der Waals surface area contributed by atoms with Gasteiger partial charge in [0.15, 0.2) is 0 Å². The molecule has 2 atom stereocenters. The normalized spacial score (nSPS) is 30.4. The molecular formula is C17H25ClN2. The van der Waals surface area contributed by atoms with Crippen molar-refractivity contribution in [1.82, 2.24) is 10.2 Å². The summed E-state index contributed by atoms with van der Waals surface area (Å²) >= 11 is 5.98. The molecule has 0 radical (unpaired) electrons. The molecule has 2 heterocycles. The number of nitrogens with zero attached hydrogens (tertiary/aromatic N) is 1. The average molecular weight is 293 g/mol. The molecule has 2 aliphatic heterocycles. The summed E-state index contributed by atoms with van der Waals surface area (Å²) in [4.78, 5) is 2.75. The van der Waals surface area contributed by atoms with Gasteiger partial charge in [0.05, 0.1) is 0 Å². The largest absolute Gasteiger partial charge is 0.314 e. The van der Waals surface area contributed by atoms with Gasteiger partial charge in [-0.3, -0.25) is 4.90 Å². The van der Waals surface area contributed by atoms with E-state index in [9.17, 15) is 0 Å². The second kappa shape index (κ2) is 6.46. The lowest BCUT2D eigenvalue weighted by atomic mass is 9.81. The van der Waals surface area contributed by atoms with Crippen LogP contribution in [0.3, 0.4) is 0 Å². The van der Waals surface area contributed by atoms with Crippen LogP contribution in [0.2, 0.25) is 5.02 Å². The molecule has 1 N–H and O–H groups in total. The topological polar surface area (TPSA) is 15.3 Å². The summed E-state index contributed by atoms with van der Waals surface area (Å²) < 4.78 is 0. The van der Waals surface area contributed by atoms with Gasteiger partial charge in [0.25, 0.3) is 0 Å². The van der Waals surface area contributed by atoms with E-state index in [4.69, 9.17) is 11.6 Å². The minimum atomic E-state index is 0.733. The van der Waals surface area contributed by atoms with Crippen LogP contribution in [0.25, 0.3) is 0 Å². The number of halogens is 1. The van der Waals surface area contributed by atoms with E-state index in [0.717, 1.165) is 36.2 Å². The maximum atomic E-state index is 5.98. The van der Waals surface area contributed by atoms with Crippen LogP contribution in [-0.4, -0.2) is 29.6 Å². The average Bonchev–Trinajstić information content (AvgIpc) is 2.42. The van der Waals surface area contributed by atoms with Gasteiger partial charge >= 0.3 is 0 Å². The number of hydrogen-bond donors (Lipinski definition) is 1. The molecular weight excluding hydrogens is 268 g/mol. The fourth-order valence-corrected chi connectivity index (χ4v) is 4.12. The molecule has 0 spiro atoms. The first-order valence-corrected chi connectivity index (χ1v) is 8.37. The fraction of sp³-hybridized carbons (Fsp3) is 0.647. The molecule has 20 heavy (non-hydrogen) atoms. The van der Waals surface area contributed by atoms with Crippen LogP contribution in [0.5, 0.6) is 0 Å². The Labute approximate surface area is 127 Å². The van der Waals surface area contributed by atoms with Crippen molar-refractivity contribution in [3.8, 4) is 0 Å². The molecule has 3 rings (SSSR count). The highest BCUT2D eigenvalue weighted by molar-refractivity contribution is 6.30. The zero-order chi connectivity index (χ0) is 13.9. The van der Waals surface area contributed by atoms with Gasteiger partial charge in [0.1, 0.15) is 0 Å². The molecule has 2 nitrogen and oxygen atoms in total. The first-order chi connectivity index (χ1) is 9.76. The van der Waals surface area contributed by atoms with Crippen LogP contribution >= 0.6 is 11.6 Å². The Morgan fingerprint density at radius 2 is 1.80 bits per heavy atom. The van der Waals surface area contributed by atoms with E-state index in [1.807, 2.05) is 12.1 Å². The Morgan fingerprint density at radius 3 is 2.40 bits per heavy atom. The Kier molecular flexibility index (Phi) is 4.65. The first kappa shape index (κ1) is 14.4. The summed E-state index contributed by atoms with van der Waals surface area (Å²) in [6.45, 7) is 4.41. The molecule has 2 fully saturated rings. The highest BCUT2D eigenvalue weighted by atomic mass is 35.5. The van der Waals surface area contributed by atoms with Crippen LogP contribution in [0, 0.1) is 0 Å². The van der Waals surface area contributed by atoms with E-state index in [0.29, 0.717) is 0 Å². The second-order valence-corrected chi connectivity index (χ2v) is 6.70. The number of nitrogens with one attached hydrogen (secondary N) is 1. The predicted molar refractivity (Wildman–Crippen MR) is 85.1 cm³/mol. The van der Waals surface area contributed by atoms with Crippen molar-refractivity contribution in [2.75, 3.05) is 6.54 Å². The zero-order valence-electron chi connectivity index (χ0n) is 12.3. The maximum absolute atomic E-state index is 5.98. The summed E-state index contributed by atoms with van der Waals surface area (Å²) in [7, 11) is 0. The third kappa shape index (κ3) is 3.19. The Hall–Kier alpha value is -0.570. The van der Waals surface area contributed by atoms with Crippen molar-refractivity contribution < 1.29 is 0 Å². The second-order valence-electron chi connectivity index (χ2n) is 6.26. The number of hydrogen-bond acceptors (Lipinski definition) is 2. The summed E-state index contributed by atoms with van der Waals surface area (Å²) in [6.07, 6.45) is 6.78. The maximum Gasteiger partial charge on any atom is 0.0406 e. The number of fused-ring (bicyclic) bond motifs is 2. The van der Waals surface area contributed by atoms with Crippen LogP contribution in [0.1, 0.15) is 44.6 Å². The quantitative estimate of drug-likeness (QED) is 0.907. The molecule has 2 bridgehead atoms. The molecule has 0 saturated carbocycles. The lowest BCUT2D eigenvalue weighted by Gasteiger charge is -2.49. The standard InChI is InChI=1S/C17H25ClN2/c1-2-19-15-10-16-4-3-5-17(11-15)20(16)12-13-6-8-14(18)9-7-13/h6-9,15-17,19H,2-5,10-12H2,1H3. The van der Waals surface area contributed by atoms with E-state index in [1.54, 1.807) is 0 Å². The fourth-order valence-electron chi connectivity index (χ4n) is 3.99. The summed E-state index contributed by atoms with van der Waals surface area (Å²) in [5.74, 6) is 0. The monoisotopic (exact) mass is 292 g/mol. The van der Waals surface area contributed by atoms with E-state index in [2.05, 4.69) is 29.3 Å². The zero-order valence-corrected chi connectivity index (χ0v) is 13.1. The van der Waals surface area contributed by atoms with Crippen molar-refractivity contribution in [3.63, 3.8) is 0 Å². The third-order valence-corrected chi connectivity index (χ3v) is 5.15. The third-order valence-electron chi connectivity index (χ3n) is 4.90. The number of rotatable bonds is 4. The summed E-state index contributed by atoms with van der Waals surface area (Å²) in [6, 6.07) is 10.6. The van der Waals surface area contributed by atoms with Gasteiger partial charge in [-0.05, 0) is 49.9 Å². The van der Waals surface area contributed by atoms with Crippen LogP contribution in [0.15, 0.2) is 24.3 Å².